The topological polar surface area (TPSA) is 70.5 Å². The minimum Gasteiger partial charge on any atom is -0.481 e. The van der Waals surface area contributed by atoms with E-state index in [4.69, 9.17) is 5.11 Å². The predicted octanol–water partition coefficient (Wildman–Crippen LogP) is 2.10. The normalized spacial score (nSPS) is 16.4. The zero-order valence-corrected chi connectivity index (χ0v) is 12.5. The number of aryl methyl sites for hydroxylation is 2. The highest BCUT2D eigenvalue weighted by Crippen LogP contribution is 2.21. The van der Waals surface area contributed by atoms with Gasteiger partial charge in [-0.1, -0.05) is 0 Å². The lowest BCUT2D eigenvalue weighted by Crippen LogP contribution is -2.39. The Labute approximate surface area is 122 Å². The Morgan fingerprint density at radius 3 is 2.70 bits per heavy atom. The van der Waals surface area contributed by atoms with Crippen LogP contribution in [0.2, 0.25) is 0 Å². The van der Waals surface area contributed by atoms with Gasteiger partial charge >= 0.3 is 5.97 Å². The molecule has 110 valence electrons. The van der Waals surface area contributed by atoms with E-state index in [1.165, 1.54) is 0 Å². The first-order valence-corrected chi connectivity index (χ1v) is 7.83. The number of hydrogen-bond donors (Lipinski definition) is 1. The second kappa shape index (κ2) is 6.83. The Hall–Kier alpha value is -1.43. The number of carbonyl (C=O) groups is 2. The number of piperidine rings is 1. The number of amides is 1. The van der Waals surface area contributed by atoms with Crippen LogP contribution in [0.4, 0.5) is 0 Å². The molecule has 0 spiro atoms. The first-order chi connectivity index (χ1) is 9.54. The second-order valence-corrected chi connectivity index (χ2v) is 6.34. The van der Waals surface area contributed by atoms with E-state index in [0.29, 0.717) is 25.9 Å². The maximum atomic E-state index is 12.1. The number of nitrogens with zero attached hydrogens (tertiary/aromatic N) is 2. The highest BCUT2D eigenvalue weighted by molar-refractivity contribution is 7.09. The Morgan fingerprint density at radius 2 is 2.15 bits per heavy atom. The number of aliphatic carboxylic acids is 1. The number of likely N-dealkylation sites (tertiary alicyclic amines) is 1. The second-order valence-electron chi connectivity index (χ2n) is 5.28. The molecule has 0 aromatic carbocycles. The molecule has 5 nitrogen and oxygen atoms in total. The smallest absolute Gasteiger partial charge is 0.303 e. The summed E-state index contributed by atoms with van der Waals surface area (Å²) in [5.41, 5.74) is 0.988. The van der Waals surface area contributed by atoms with Gasteiger partial charge in [0.25, 0.3) is 0 Å². The number of rotatable bonds is 5. The predicted molar refractivity (Wildman–Crippen MR) is 76.7 cm³/mol. The van der Waals surface area contributed by atoms with E-state index in [1.807, 2.05) is 17.2 Å². The van der Waals surface area contributed by atoms with Crippen molar-refractivity contribution in [2.45, 2.75) is 39.0 Å². The lowest BCUT2D eigenvalue weighted by atomic mass is 9.93. The molecule has 1 fully saturated rings. The summed E-state index contributed by atoms with van der Waals surface area (Å²) in [5.74, 6) is -0.365. The van der Waals surface area contributed by atoms with Crippen LogP contribution in [0.15, 0.2) is 5.38 Å². The summed E-state index contributed by atoms with van der Waals surface area (Å²) in [7, 11) is 0. The minimum atomic E-state index is -0.742. The highest BCUT2D eigenvalue weighted by atomic mass is 32.1. The van der Waals surface area contributed by atoms with E-state index < -0.39 is 5.97 Å². The van der Waals surface area contributed by atoms with Gasteiger partial charge in [0.2, 0.25) is 5.91 Å². The zero-order valence-electron chi connectivity index (χ0n) is 11.7. The molecule has 20 heavy (non-hydrogen) atoms. The summed E-state index contributed by atoms with van der Waals surface area (Å²) in [6.07, 6.45) is 3.01. The van der Waals surface area contributed by atoms with Gasteiger partial charge in [-0.2, -0.15) is 0 Å². The Bertz CT molecular complexity index is 479. The van der Waals surface area contributed by atoms with Crippen molar-refractivity contribution in [2.75, 3.05) is 13.1 Å². The van der Waals surface area contributed by atoms with Gasteiger partial charge in [-0.05, 0) is 32.1 Å². The van der Waals surface area contributed by atoms with Crippen molar-refractivity contribution >= 4 is 23.2 Å². The van der Waals surface area contributed by atoms with E-state index in [2.05, 4.69) is 4.98 Å². The molecule has 2 rings (SSSR count). The van der Waals surface area contributed by atoms with Gasteiger partial charge in [0.05, 0.1) is 10.7 Å². The molecule has 0 saturated carbocycles. The zero-order chi connectivity index (χ0) is 14.5. The third-order valence-corrected chi connectivity index (χ3v) is 4.51. The molecule has 0 unspecified atom stereocenters. The van der Waals surface area contributed by atoms with Crippen LogP contribution in [0.1, 0.15) is 36.4 Å². The maximum absolute atomic E-state index is 12.1. The van der Waals surface area contributed by atoms with Gasteiger partial charge in [0.1, 0.15) is 0 Å². The molecule has 0 radical (unpaired) electrons. The molecule has 1 aliphatic heterocycles. The van der Waals surface area contributed by atoms with Gasteiger partial charge in [-0.3, -0.25) is 9.59 Å². The summed E-state index contributed by atoms with van der Waals surface area (Å²) in [4.78, 5) is 29.0. The van der Waals surface area contributed by atoms with E-state index in [-0.39, 0.29) is 18.2 Å². The summed E-state index contributed by atoms with van der Waals surface area (Å²) in [6.45, 7) is 3.34. The summed E-state index contributed by atoms with van der Waals surface area (Å²) in [5, 5.41) is 11.8. The molecule has 1 aromatic rings. The first-order valence-electron chi connectivity index (χ1n) is 6.95. The van der Waals surface area contributed by atoms with Crippen LogP contribution in [0, 0.1) is 12.8 Å². The van der Waals surface area contributed by atoms with Crippen LogP contribution in [0.5, 0.6) is 0 Å². The summed E-state index contributed by atoms with van der Waals surface area (Å²) in [6, 6.07) is 0. The Morgan fingerprint density at radius 1 is 1.45 bits per heavy atom. The van der Waals surface area contributed by atoms with Crippen LogP contribution >= 0.6 is 11.3 Å². The lowest BCUT2D eigenvalue weighted by Gasteiger charge is -2.31. The Kier molecular flexibility index (Phi) is 5.11. The third-order valence-electron chi connectivity index (χ3n) is 3.69. The fourth-order valence-corrected chi connectivity index (χ4v) is 3.20. The molecule has 2 heterocycles. The summed E-state index contributed by atoms with van der Waals surface area (Å²) < 4.78 is 0. The molecule has 1 amide bonds. The molecular weight excluding hydrogens is 276 g/mol. The van der Waals surface area contributed by atoms with Crippen molar-refractivity contribution < 1.29 is 14.7 Å². The quantitative estimate of drug-likeness (QED) is 0.903. The van der Waals surface area contributed by atoms with Crippen molar-refractivity contribution in [2.24, 2.45) is 5.92 Å². The van der Waals surface area contributed by atoms with E-state index in [1.54, 1.807) is 11.3 Å². The van der Waals surface area contributed by atoms with Gasteiger partial charge in [0.15, 0.2) is 0 Å². The largest absolute Gasteiger partial charge is 0.481 e. The van der Waals surface area contributed by atoms with Crippen molar-refractivity contribution in [3.63, 3.8) is 0 Å². The molecule has 1 aromatic heterocycles. The van der Waals surface area contributed by atoms with Crippen molar-refractivity contribution in [1.82, 2.24) is 9.88 Å². The maximum Gasteiger partial charge on any atom is 0.303 e. The number of aromatic nitrogens is 1. The van der Waals surface area contributed by atoms with Crippen LogP contribution in [-0.4, -0.2) is 40.0 Å². The van der Waals surface area contributed by atoms with Crippen LogP contribution in [-0.2, 0) is 16.0 Å². The average molecular weight is 296 g/mol. The fraction of sp³-hybridized carbons (Fsp3) is 0.643. The van der Waals surface area contributed by atoms with Crippen LogP contribution in [0.3, 0.4) is 0 Å². The standard InChI is InChI=1S/C14H20N2O3S/c1-10-15-12(9-20-10)2-3-13(17)16-6-4-11(5-7-16)8-14(18)19/h9,11H,2-8H2,1H3,(H,18,19). The average Bonchev–Trinajstić information content (AvgIpc) is 2.82. The molecular formula is C14H20N2O3S. The van der Waals surface area contributed by atoms with Gasteiger partial charge in [0, 0.05) is 31.3 Å². The summed E-state index contributed by atoms with van der Waals surface area (Å²) >= 11 is 1.61. The number of carbonyl (C=O) groups excluding carboxylic acids is 1. The minimum absolute atomic E-state index is 0.157. The molecule has 0 aliphatic carbocycles. The van der Waals surface area contributed by atoms with E-state index in [0.717, 1.165) is 23.5 Å². The van der Waals surface area contributed by atoms with E-state index in [9.17, 15) is 9.59 Å². The fourth-order valence-electron chi connectivity index (χ4n) is 2.55. The van der Waals surface area contributed by atoms with Gasteiger partial charge in [-0.15, -0.1) is 11.3 Å². The molecule has 1 N–H and O–H groups in total. The van der Waals surface area contributed by atoms with Crippen molar-refractivity contribution in [3.05, 3.63) is 16.1 Å². The van der Waals surface area contributed by atoms with Crippen molar-refractivity contribution in [3.8, 4) is 0 Å². The lowest BCUT2D eigenvalue weighted by molar-refractivity contribution is -0.138. The first kappa shape index (κ1) is 15.0. The van der Waals surface area contributed by atoms with Crippen LogP contribution in [0.25, 0.3) is 0 Å². The highest BCUT2D eigenvalue weighted by Gasteiger charge is 2.24. The van der Waals surface area contributed by atoms with E-state index >= 15 is 0 Å². The molecule has 1 aliphatic rings. The number of thiazole rings is 1. The third kappa shape index (κ3) is 4.30. The molecule has 6 heteroatoms. The SMILES string of the molecule is Cc1nc(CCC(=O)N2CCC(CC(=O)O)CC2)cs1. The monoisotopic (exact) mass is 296 g/mol. The van der Waals surface area contributed by atoms with Crippen molar-refractivity contribution in [1.29, 1.82) is 0 Å². The molecule has 0 bridgehead atoms. The Balaban J connectivity index is 1.73. The molecule has 0 atom stereocenters. The van der Waals surface area contributed by atoms with Crippen LogP contribution < -0.4 is 0 Å². The number of carboxylic acid groups (broad SMARTS) is 1. The number of hydrogen-bond acceptors (Lipinski definition) is 4. The van der Waals surface area contributed by atoms with Gasteiger partial charge in [-0.25, -0.2) is 4.98 Å². The molecule has 1 saturated heterocycles. The number of carboxylic acids is 1. The van der Waals surface area contributed by atoms with Gasteiger partial charge < -0.3 is 10.0 Å².